The van der Waals surface area contributed by atoms with Crippen LogP contribution in [-0.4, -0.2) is 19.7 Å². The predicted octanol–water partition coefficient (Wildman–Crippen LogP) is 2.36. The number of nitrogens with zero attached hydrogens (tertiary/aromatic N) is 4. The molecule has 0 amide bonds. The molecule has 0 radical (unpaired) electrons. The van der Waals surface area contributed by atoms with Crippen LogP contribution in [0.25, 0.3) is 0 Å². The fourth-order valence-electron chi connectivity index (χ4n) is 1.87. The van der Waals surface area contributed by atoms with Crippen molar-refractivity contribution in [2.75, 3.05) is 0 Å². The van der Waals surface area contributed by atoms with Crippen LogP contribution < -0.4 is 0 Å². The van der Waals surface area contributed by atoms with E-state index in [1.165, 1.54) is 6.07 Å². The number of nitro benzene ring substituents is 1. The van der Waals surface area contributed by atoms with Gasteiger partial charge in [-0.2, -0.15) is 0 Å². The van der Waals surface area contributed by atoms with Gasteiger partial charge in [-0.1, -0.05) is 19.1 Å². The van der Waals surface area contributed by atoms with Gasteiger partial charge in [0.15, 0.2) is 5.16 Å². The Morgan fingerprint density at radius 3 is 2.79 bits per heavy atom. The van der Waals surface area contributed by atoms with Crippen LogP contribution in [-0.2, 0) is 13.5 Å². The summed E-state index contributed by atoms with van der Waals surface area (Å²) in [5.41, 5.74) is 1.02. The summed E-state index contributed by atoms with van der Waals surface area (Å²) in [6.07, 6.45) is 0.658. The van der Waals surface area contributed by atoms with Gasteiger partial charge in [0.05, 0.1) is 4.92 Å². The first-order valence-electron chi connectivity index (χ1n) is 5.80. The Hall–Kier alpha value is -1.89. The monoisotopic (exact) mass is 278 g/mol. The highest BCUT2D eigenvalue weighted by Crippen LogP contribution is 2.23. The smallest absolute Gasteiger partial charge is 0.269 e. The van der Waals surface area contributed by atoms with Crippen molar-refractivity contribution in [3.8, 4) is 0 Å². The lowest BCUT2D eigenvalue weighted by Gasteiger charge is -2.11. The maximum Gasteiger partial charge on any atom is 0.269 e. The van der Waals surface area contributed by atoms with Gasteiger partial charge in [-0.05, 0) is 11.5 Å². The highest BCUT2D eigenvalue weighted by Gasteiger charge is 2.14. The van der Waals surface area contributed by atoms with E-state index in [9.17, 15) is 10.1 Å². The molecule has 0 saturated carbocycles. The number of rotatable bonds is 4. The van der Waals surface area contributed by atoms with Crippen LogP contribution in [0.15, 0.2) is 29.4 Å². The van der Waals surface area contributed by atoms with E-state index < -0.39 is 0 Å². The number of benzene rings is 1. The van der Waals surface area contributed by atoms with E-state index in [1.807, 2.05) is 20.0 Å². The third-order valence-electron chi connectivity index (χ3n) is 3.08. The van der Waals surface area contributed by atoms with Gasteiger partial charge >= 0.3 is 0 Å². The van der Waals surface area contributed by atoms with E-state index in [1.54, 1.807) is 16.7 Å². The molecule has 100 valence electrons. The van der Waals surface area contributed by atoms with Crippen LogP contribution >= 0.6 is 12.6 Å². The third-order valence-corrected chi connectivity index (χ3v) is 3.47. The molecular formula is C12H14N4O2S. The number of aromatic nitrogens is 3. The highest BCUT2D eigenvalue weighted by atomic mass is 32.1. The number of hydrogen-bond acceptors (Lipinski definition) is 5. The van der Waals surface area contributed by atoms with Crippen LogP contribution in [0.5, 0.6) is 0 Å². The molecule has 2 aromatic rings. The summed E-state index contributed by atoms with van der Waals surface area (Å²) < 4.78 is 1.80. The molecule has 1 heterocycles. The molecule has 0 aliphatic rings. The Labute approximate surface area is 116 Å². The lowest BCUT2D eigenvalue weighted by atomic mass is 9.97. The molecule has 0 aliphatic carbocycles. The number of non-ortho nitro benzene ring substituents is 1. The maximum absolute atomic E-state index is 10.8. The van der Waals surface area contributed by atoms with Crippen molar-refractivity contribution < 1.29 is 4.92 Å². The molecule has 0 fully saturated rings. The van der Waals surface area contributed by atoms with Crippen molar-refractivity contribution in [3.63, 3.8) is 0 Å². The van der Waals surface area contributed by atoms with Gasteiger partial charge in [0.1, 0.15) is 5.82 Å². The molecule has 0 bridgehead atoms. The van der Waals surface area contributed by atoms with Crippen LogP contribution in [0.4, 0.5) is 5.69 Å². The largest absolute Gasteiger partial charge is 0.309 e. The number of thiol groups is 1. The van der Waals surface area contributed by atoms with Gasteiger partial charge in [0.25, 0.3) is 5.69 Å². The lowest BCUT2D eigenvalue weighted by molar-refractivity contribution is -0.384. The van der Waals surface area contributed by atoms with Crippen molar-refractivity contribution >= 4 is 18.3 Å². The summed E-state index contributed by atoms with van der Waals surface area (Å²) >= 11 is 4.17. The van der Waals surface area contributed by atoms with Crippen molar-refractivity contribution in [1.29, 1.82) is 0 Å². The Morgan fingerprint density at radius 1 is 1.47 bits per heavy atom. The zero-order chi connectivity index (χ0) is 14.0. The van der Waals surface area contributed by atoms with E-state index in [0.717, 1.165) is 11.4 Å². The molecule has 1 unspecified atom stereocenters. The van der Waals surface area contributed by atoms with Gasteiger partial charge < -0.3 is 4.57 Å². The van der Waals surface area contributed by atoms with Crippen LogP contribution in [0, 0.1) is 10.1 Å². The normalized spacial score (nSPS) is 12.4. The minimum Gasteiger partial charge on any atom is -0.309 e. The molecule has 0 aliphatic heterocycles. The summed E-state index contributed by atoms with van der Waals surface area (Å²) in [5, 5.41) is 19.2. The van der Waals surface area contributed by atoms with Crippen LogP contribution in [0.1, 0.15) is 24.2 Å². The topological polar surface area (TPSA) is 73.8 Å². The van der Waals surface area contributed by atoms with Crippen molar-refractivity contribution in [1.82, 2.24) is 14.8 Å². The Bertz CT molecular complexity index is 612. The summed E-state index contributed by atoms with van der Waals surface area (Å²) in [6.45, 7) is 2.01. The maximum atomic E-state index is 10.8. The Balaban J connectivity index is 2.20. The molecule has 1 aromatic carbocycles. The summed E-state index contributed by atoms with van der Waals surface area (Å²) in [7, 11) is 1.85. The van der Waals surface area contributed by atoms with Gasteiger partial charge in [-0.3, -0.25) is 10.1 Å². The van der Waals surface area contributed by atoms with Gasteiger partial charge in [-0.15, -0.1) is 22.8 Å². The molecule has 7 heteroatoms. The number of hydrogen-bond donors (Lipinski definition) is 1. The molecule has 1 atom stereocenters. The van der Waals surface area contributed by atoms with Crippen molar-refractivity contribution in [2.24, 2.45) is 7.05 Å². The SMILES string of the molecule is CC(Cc1nnc(S)n1C)c1cccc([N+](=O)[O-])c1. The molecule has 6 nitrogen and oxygen atoms in total. The first kappa shape index (κ1) is 13.5. The zero-order valence-electron chi connectivity index (χ0n) is 10.6. The van der Waals surface area contributed by atoms with Gasteiger partial charge in [0, 0.05) is 25.6 Å². The molecule has 0 spiro atoms. The first-order chi connectivity index (χ1) is 8.99. The fourth-order valence-corrected chi connectivity index (χ4v) is 2.03. The molecule has 0 N–H and O–H groups in total. The van der Waals surface area contributed by atoms with E-state index in [-0.39, 0.29) is 16.5 Å². The summed E-state index contributed by atoms with van der Waals surface area (Å²) in [6, 6.07) is 6.67. The van der Waals surface area contributed by atoms with Crippen molar-refractivity contribution in [3.05, 3.63) is 45.8 Å². The molecule has 19 heavy (non-hydrogen) atoms. The molecular weight excluding hydrogens is 264 g/mol. The number of nitro groups is 1. The molecule has 1 aromatic heterocycles. The van der Waals surface area contributed by atoms with Crippen LogP contribution in [0.3, 0.4) is 0 Å². The van der Waals surface area contributed by atoms with Crippen molar-refractivity contribution in [2.45, 2.75) is 24.4 Å². The average molecular weight is 278 g/mol. The second kappa shape index (κ2) is 5.40. The minimum absolute atomic E-state index is 0.109. The van der Waals surface area contributed by atoms with E-state index in [4.69, 9.17) is 0 Å². The van der Waals surface area contributed by atoms with E-state index in [2.05, 4.69) is 22.8 Å². The average Bonchev–Trinajstić information content (AvgIpc) is 2.71. The summed E-state index contributed by atoms with van der Waals surface area (Å²) in [5.74, 6) is 0.930. The second-order valence-electron chi connectivity index (χ2n) is 4.43. The Kier molecular flexibility index (Phi) is 3.84. The lowest BCUT2D eigenvalue weighted by Crippen LogP contribution is -2.05. The first-order valence-corrected chi connectivity index (χ1v) is 6.25. The van der Waals surface area contributed by atoms with E-state index >= 15 is 0 Å². The minimum atomic E-state index is -0.385. The molecule has 2 rings (SSSR count). The third kappa shape index (κ3) is 2.93. The van der Waals surface area contributed by atoms with E-state index in [0.29, 0.717) is 11.6 Å². The van der Waals surface area contributed by atoms with Crippen LogP contribution in [0.2, 0.25) is 0 Å². The second-order valence-corrected chi connectivity index (χ2v) is 4.83. The quantitative estimate of drug-likeness (QED) is 0.529. The predicted molar refractivity (Wildman–Crippen MR) is 73.5 cm³/mol. The molecule has 0 saturated heterocycles. The standard InChI is InChI=1S/C12H14N4O2S/c1-8(6-11-13-14-12(19)15(11)2)9-4-3-5-10(7-9)16(17)18/h3-5,7-8H,6H2,1-2H3,(H,14,19). The summed E-state index contributed by atoms with van der Waals surface area (Å²) in [4.78, 5) is 10.4. The zero-order valence-corrected chi connectivity index (χ0v) is 11.5. The fraction of sp³-hybridized carbons (Fsp3) is 0.333. The highest BCUT2D eigenvalue weighted by molar-refractivity contribution is 7.80. The van der Waals surface area contributed by atoms with Gasteiger partial charge in [-0.25, -0.2) is 0 Å². The van der Waals surface area contributed by atoms with Gasteiger partial charge in [0.2, 0.25) is 0 Å². The Morgan fingerprint density at radius 2 is 2.21 bits per heavy atom.